The maximum Gasteiger partial charge on any atom is 0.218 e. The Kier molecular flexibility index (Phi) is 3.46. The average molecular weight is 337 g/mol. The maximum absolute atomic E-state index is 10.5. The van der Waals surface area contributed by atoms with E-state index in [1.54, 1.807) is 16.9 Å². The fourth-order valence-electron chi connectivity index (χ4n) is 2.85. The van der Waals surface area contributed by atoms with Crippen molar-refractivity contribution in [2.24, 2.45) is 4.99 Å². The SMILES string of the molecule is CC1=Nc2ccccc2C1=Cc1[nH]c(=S)n(Cc2ccco2)c1O. The van der Waals surface area contributed by atoms with Crippen LogP contribution in [0.3, 0.4) is 0 Å². The van der Waals surface area contributed by atoms with Crippen LogP contribution in [0.5, 0.6) is 5.88 Å². The van der Waals surface area contributed by atoms with E-state index in [-0.39, 0.29) is 5.88 Å². The molecule has 0 saturated heterocycles. The van der Waals surface area contributed by atoms with Crippen LogP contribution in [0.25, 0.3) is 11.6 Å². The molecular formula is C18H15N3O2S. The first-order chi connectivity index (χ1) is 11.6. The topological polar surface area (TPSA) is 66.5 Å². The Labute approximate surface area is 143 Å². The van der Waals surface area contributed by atoms with Gasteiger partial charge in [0.25, 0.3) is 0 Å². The van der Waals surface area contributed by atoms with Gasteiger partial charge in [-0.1, -0.05) is 18.2 Å². The van der Waals surface area contributed by atoms with Crippen molar-refractivity contribution < 1.29 is 9.52 Å². The maximum atomic E-state index is 10.5. The van der Waals surface area contributed by atoms with Gasteiger partial charge in [0.1, 0.15) is 11.5 Å². The Morgan fingerprint density at radius 2 is 2.12 bits per heavy atom. The summed E-state index contributed by atoms with van der Waals surface area (Å²) in [6.07, 6.45) is 3.48. The average Bonchev–Trinajstić information content (AvgIpc) is 3.25. The molecule has 0 spiro atoms. The van der Waals surface area contributed by atoms with Crippen molar-refractivity contribution in [1.29, 1.82) is 0 Å². The van der Waals surface area contributed by atoms with Gasteiger partial charge >= 0.3 is 0 Å². The number of furan rings is 1. The zero-order valence-electron chi connectivity index (χ0n) is 13.0. The zero-order chi connectivity index (χ0) is 16.7. The number of aromatic nitrogens is 2. The molecule has 3 aromatic rings. The first-order valence-electron chi connectivity index (χ1n) is 7.54. The number of hydrogen-bond acceptors (Lipinski definition) is 4. The fourth-order valence-corrected chi connectivity index (χ4v) is 3.11. The van der Waals surface area contributed by atoms with Crippen molar-refractivity contribution in [1.82, 2.24) is 9.55 Å². The predicted molar refractivity (Wildman–Crippen MR) is 96.2 cm³/mol. The van der Waals surface area contributed by atoms with Gasteiger partial charge in [-0.25, -0.2) is 0 Å². The summed E-state index contributed by atoms with van der Waals surface area (Å²) < 4.78 is 7.37. The van der Waals surface area contributed by atoms with Crippen LogP contribution >= 0.6 is 12.2 Å². The summed E-state index contributed by atoms with van der Waals surface area (Å²) in [4.78, 5) is 7.61. The van der Waals surface area contributed by atoms with Gasteiger partial charge in [-0.15, -0.1) is 0 Å². The van der Waals surface area contributed by atoms with Crippen molar-refractivity contribution in [3.63, 3.8) is 0 Å². The highest BCUT2D eigenvalue weighted by atomic mass is 32.1. The van der Waals surface area contributed by atoms with Crippen molar-refractivity contribution in [3.05, 3.63) is 64.5 Å². The van der Waals surface area contributed by atoms with Crippen LogP contribution in [0.4, 0.5) is 5.69 Å². The number of allylic oxidation sites excluding steroid dienone is 1. The number of fused-ring (bicyclic) bond motifs is 1. The molecule has 0 saturated carbocycles. The normalized spacial score (nSPS) is 14.9. The summed E-state index contributed by atoms with van der Waals surface area (Å²) >= 11 is 5.33. The number of aromatic hydroxyl groups is 1. The number of nitrogens with one attached hydrogen (secondary N) is 1. The Morgan fingerprint density at radius 3 is 2.92 bits per heavy atom. The minimum atomic E-state index is 0.0843. The number of para-hydroxylation sites is 1. The smallest absolute Gasteiger partial charge is 0.218 e. The number of benzene rings is 1. The number of aliphatic imine (C=N–C) groups is 1. The molecule has 0 unspecified atom stereocenters. The molecule has 1 aliphatic heterocycles. The molecule has 2 aromatic heterocycles. The van der Waals surface area contributed by atoms with E-state index in [0.29, 0.717) is 17.0 Å². The predicted octanol–water partition coefficient (Wildman–Crippen LogP) is 4.54. The van der Waals surface area contributed by atoms with Crippen molar-refractivity contribution in [3.8, 4) is 5.88 Å². The molecule has 120 valence electrons. The van der Waals surface area contributed by atoms with Crippen LogP contribution in [-0.2, 0) is 6.54 Å². The number of H-pyrrole nitrogens is 1. The second-order valence-corrected chi connectivity index (χ2v) is 5.99. The summed E-state index contributed by atoms with van der Waals surface area (Å²) in [6, 6.07) is 11.6. The lowest BCUT2D eigenvalue weighted by Gasteiger charge is -2.03. The first-order valence-corrected chi connectivity index (χ1v) is 7.95. The van der Waals surface area contributed by atoms with Gasteiger partial charge < -0.3 is 14.5 Å². The Hall–Kier alpha value is -2.86. The third kappa shape index (κ3) is 2.41. The molecule has 3 heterocycles. The summed E-state index contributed by atoms with van der Waals surface area (Å²) in [5, 5.41) is 10.5. The van der Waals surface area contributed by atoms with E-state index in [1.807, 2.05) is 43.3 Å². The van der Waals surface area contributed by atoms with Crippen molar-refractivity contribution in [2.45, 2.75) is 13.5 Å². The number of aromatic amines is 1. The number of rotatable bonds is 3. The summed E-state index contributed by atoms with van der Waals surface area (Å²) in [6.45, 7) is 2.33. The highest BCUT2D eigenvalue weighted by molar-refractivity contribution is 7.71. The molecule has 0 bridgehead atoms. The molecule has 4 rings (SSSR count). The van der Waals surface area contributed by atoms with Crippen molar-refractivity contribution in [2.75, 3.05) is 0 Å². The molecule has 1 aliphatic rings. The molecular weight excluding hydrogens is 322 g/mol. The third-order valence-corrected chi connectivity index (χ3v) is 4.36. The van der Waals surface area contributed by atoms with E-state index >= 15 is 0 Å². The van der Waals surface area contributed by atoms with Crippen molar-refractivity contribution >= 4 is 35.3 Å². The van der Waals surface area contributed by atoms with E-state index in [4.69, 9.17) is 16.6 Å². The van der Waals surface area contributed by atoms with E-state index in [1.165, 1.54) is 0 Å². The highest BCUT2D eigenvalue weighted by Crippen LogP contribution is 2.36. The van der Waals surface area contributed by atoms with Gasteiger partial charge in [0, 0.05) is 16.8 Å². The molecule has 0 radical (unpaired) electrons. The molecule has 2 N–H and O–H groups in total. The van der Waals surface area contributed by atoms with E-state index in [9.17, 15) is 5.11 Å². The minimum Gasteiger partial charge on any atom is -0.493 e. The quantitative estimate of drug-likeness (QED) is 0.690. The summed E-state index contributed by atoms with van der Waals surface area (Å²) in [5.41, 5.74) is 4.44. The lowest BCUT2D eigenvalue weighted by molar-refractivity contribution is 0.407. The van der Waals surface area contributed by atoms with Crippen LogP contribution in [-0.4, -0.2) is 20.4 Å². The number of imidazole rings is 1. The monoisotopic (exact) mass is 337 g/mol. The van der Waals surface area contributed by atoms with Gasteiger partial charge in [0.15, 0.2) is 4.77 Å². The number of nitrogens with zero attached hydrogens (tertiary/aromatic N) is 2. The van der Waals surface area contributed by atoms with Crippen LogP contribution in [0.1, 0.15) is 23.9 Å². The molecule has 1 aromatic carbocycles. The first kappa shape index (κ1) is 14.7. The Bertz CT molecular complexity index is 1020. The molecule has 6 heteroatoms. The van der Waals surface area contributed by atoms with Crippen LogP contribution in [0.2, 0.25) is 0 Å². The Balaban J connectivity index is 1.76. The molecule has 24 heavy (non-hydrogen) atoms. The van der Waals surface area contributed by atoms with E-state index in [2.05, 4.69) is 9.98 Å². The highest BCUT2D eigenvalue weighted by Gasteiger charge is 2.19. The second kappa shape index (κ2) is 5.65. The fraction of sp³-hybridized carbons (Fsp3) is 0.111. The second-order valence-electron chi connectivity index (χ2n) is 5.61. The minimum absolute atomic E-state index is 0.0843. The third-order valence-electron chi connectivity index (χ3n) is 4.04. The molecule has 0 amide bonds. The van der Waals surface area contributed by atoms with Gasteiger partial charge in [-0.3, -0.25) is 9.56 Å². The van der Waals surface area contributed by atoms with Crippen LogP contribution in [0.15, 0.2) is 52.1 Å². The van der Waals surface area contributed by atoms with E-state index in [0.717, 1.165) is 28.3 Å². The molecule has 5 nitrogen and oxygen atoms in total. The van der Waals surface area contributed by atoms with Gasteiger partial charge in [0.05, 0.1) is 18.5 Å². The standard InChI is InChI=1S/C18H15N3O2S/c1-11-14(13-6-2-3-7-15(13)19-11)9-16-17(22)21(18(24)20-16)10-12-5-4-8-23-12/h2-9,22H,10H2,1H3,(H,20,24). The van der Waals surface area contributed by atoms with Crippen LogP contribution < -0.4 is 0 Å². The van der Waals surface area contributed by atoms with Gasteiger partial charge in [0.2, 0.25) is 5.88 Å². The molecule has 0 aliphatic carbocycles. The lowest BCUT2D eigenvalue weighted by atomic mass is 10.0. The summed E-state index contributed by atoms with van der Waals surface area (Å²) in [7, 11) is 0. The largest absolute Gasteiger partial charge is 0.493 e. The van der Waals surface area contributed by atoms with Crippen LogP contribution in [0, 0.1) is 4.77 Å². The van der Waals surface area contributed by atoms with E-state index < -0.39 is 0 Å². The summed E-state index contributed by atoms with van der Waals surface area (Å²) in [5.74, 6) is 0.810. The molecule has 0 atom stereocenters. The number of hydrogen-bond donors (Lipinski definition) is 2. The lowest BCUT2D eigenvalue weighted by Crippen LogP contribution is -1.97. The Morgan fingerprint density at radius 1 is 1.29 bits per heavy atom. The van der Waals surface area contributed by atoms with Gasteiger partial charge in [-0.05, 0) is 43.4 Å². The zero-order valence-corrected chi connectivity index (χ0v) is 13.8. The molecule has 0 fully saturated rings. The van der Waals surface area contributed by atoms with Gasteiger partial charge in [-0.2, -0.15) is 0 Å².